The highest BCUT2D eigenvalue weighted by atomic mass is 16.5. The van der Waals surface area contributed by atoms with Crippen LogP contribution in [0.5, 0.6) is 5.75 Å². The summed E-state index contributed by atoms with van der Waals surface area (Å²) < 4.78 is 5.85. The van der Waals surface area contributed by atoms with Crippen molar-refractivity contribution in [2.45, 2.75) is 53.9 Å². The van der Waals surface area contributed by atoms with E-state index in [-0.39, 0.29) is 11.5 Å². The fourth-order valence-electron chi connectivity index (χ4n) is 2.92. The summed E-state index contributed by atoms with van der Waals surface area (Å²) in [5, 5.41) is 2.92. The summed E-state index contributed by atoms with van der Waals surface area (Å²) in [6.07, 6.45) is 2.15. The number of hydrogen-bond donors (Lipinski definition) is 2. The van der Waals surface area contributed by atoms with Gasteiger partial charge in [0.2, 0.25) is 0 Å². The summed E-state index contributed by atoms with van der Waals surface area (Å²) in [6, 6.07) is 5.25. The van der Waals surface area contributed by atoms with Gasteiger partial charge < -0.3 is 15.0 Å². The first kappa shape index (κ1) is 21.7. The molecule has 0 fully saturated rings. The Morgan fingerprint density at radius 1 is 1.21 bits per heavy atom. The van der Waals surface area contributed by atoms with Crippen molar-refractivity contribution in [3.8, 4) is 17.1 Å². The molecule has 6 nitrogen and oxygen atoms in total. The molecule has 0 spiro atoms. The van der Waals surface area contributed by atoms with Crippen molar-refractivity contribution in [1.82, 2.24) is 15.3 Å². The smallest absolute Gasteiger partial charge is 0.254 e. The van der Waals surface area contributed by atoms with Gasteiger partial charge in [-0.1, -0.05) is 34.6 Å². The molecule has 28 heavy (non-hydrogen) atoms. The number of amides is 1. The molecule has 1 aromatic heterocycles. The van der Waals surface area contributed by atoms with Gasteiger partial charge in [0, 0.05) is 17.7 Å². The fourth-order valence-corrected chi connectivity index (χ4v) is 2.92. The van der Waals surface area contributed by atoms with Crippen molar-refractivity contribution in [2.24, 2.45) is 5.92 Å². The lowest BCUT2D eigenvalue weighted by Crippen LogP contribution is -2.27. The van der Waals surface area contributed by atoms with E-state index in [1.807, 2.05) is 34.6 Å². The summed E-state index contributed by atoms with van der Waals surface area (Å²) in [5.74, 6) is 1.25. The maximum absolute atomic E-state index is 12.5. The predicted octanol–water partition coefficient (Wildman–Crippen LogP) is 3.74. The van der Waals surface area contributed by atoms with Gasteiger partial charge in [-0.3, -0.25) is 9.59 Å². The number of H-pyrrole nitrogens is 1. The van der Waals surface area contributed by atoms with Crippen LogP contribution in [0.25, 0.3) is 11.4 Å². The Morgan fingerprint density at radius 2 is 1.96 bits per heavy atom. The maximum atomic E-state index is 12.5. The Labute approximate surface area is 166 Å². The van der Waals surface area contributed by atoms with E-state index in [1.165, 1.54) is 0 Å². The molecule has 0 atom stereocenters. The molecule has 0 aliphatic carbocycles. The summed E-state index contributed by atoms with van der Waals surface area (Å²) in [5.41, 5.74) is 2.48. The van der Waals surface area contributed by atoms with E-state index in [9.17, 15) is 9.59 Å². The molecule has 1 amide bonds. The SMILES string of the molecule is CCCOc1ccc(C(=O)NCC(C)C)cc1-c1nc(CC)c(CC)c(=O)[nH]1. The van der Waals surface area contributed by atoms with E-state index in [0.29, 0.717) is 60.2 Å². The van der Waals surface area contributed by atoms with Crippen LogP contribution in [-0.4, -0.2) is 29.0 Å². The van der Waals surface area contributed by atoms with Gasteiger partial charge in [-0.2, -0.15) is 0 Å². The summed E-state index contributed by atoms with van der Waals surface area (Å²) in [7, 11) is 0. The maximum Gasteiger partial charge on any atom is 0.254 e. The number of carbonyl (C=O) groups is 1. The van der Waals surface area contributed by atoms with E-state index in [2.05, 4.69) is 15.3 Å². The molecule has 0 unspecified atom stereocenters. The zero-order valence-electron chi connectivity index (χ0n) is 17.5. The number of nitrogens with one attached hydrogen (secondary N) is 2. The normalized spacial score (nSPS) is 10.9. The van der Waals surface area contributed by atoms with E-state index >= 15 is 0 Å². The molecule has 2 aromatic rings. The van der Waals surface area contributed by atoms with E-state index in [1.54, 1.807) is 18.2 Å². The minimum atomic E-state index is -0.153. The highest BCUT2D eigenvalue weighted by molar-refractivity contribution is 5.95. The molecule has 0 bridgehead atoms. The third kappa shape index (κ3) is 5.21. The minimum absolute atomic E-state index is 0.138. The molecule has 1 aromatic carbocycles. The molecule has 0 saturated carbocycles. The van der Waals surface area contributed by atoms with Crippen LogP contribution in [0, 0.1) is 5.92 Å². The van der Waals surface area contributed by atoms with Crippen LogP contribution in [0.3, 0.4) is 0 Å². The third-order valence-electron chi connectivity index (χ3n) is 4.42. The lowest BCUT2D eigenvalue weighted by Gasteiger charge is -2.14. The Morgan fingerprint density at radius 3 is 2.57 bits per heavy atom. The second-order valence-electron chi connectivity index (χ2n) is 7.21. The van der Waals surface area contributed by atoms with E-state index in [0.717, 1.165) is 12.1 Å². The standard InChI is InChI=1S/C22H31N3O3/c1-6-11-28-19-10-9-15(21(26)23-13-14(4)5)12-17(19)20-24-18(8-3)16(7-2)22(27)25-20/h9-10,12,14H,6-8,11,13H2,1-5H3,(H,23,26)(H,24,25,27). The van der Waals surface area contributed by atoms with Crippen LogP contribution in [0.4, 0.5) is 0 Å². The van der Waals surface area contributed by atoms with Gasteiger partial charge in [-0.25, -0.2) is 4.98 Å². The molecular formula is C22H31N3O3. The largest absolute Gasteiger partial charge is 0.493 e. The van der Waals surface area contributed by atoms with Gasteiger partial charge in [-0.15, -0.1) is 0 Å². The Bertz CT molecular complexity index is 872. The lowest BCUT2D eigenvalue weighted by molar-refractivity contribution is 0.0949. The number of benzene rings is 1. The van der Waals surface area contributed by atoms with Crippen LogP contribution >= 0.6 is 0 Å². The van der Waals surface area contributed by atoms with Crippen LogP contribution < -0.4 is 15.6 Å². The Hall–Kier alpha value is -2.63. The van der Waals surface area contributed by atoms with Crippen molar-refractivity contribution in [2.75, 3.05) is 13.2 Å². The molecule has 0 saturated heterocycles. The van der Waals surface area contributed by atoms with E-state index < -0.39 is 0 Å². The molecule has 2 rings (SSSR count). The average Bonchev–Trinajstić information content (AvgIpc) is 2.69. The van der Waals surface area contributed by atoms with Crippen molar-refractivity contribution < 1.29 is 9.53 Å². The van der Waals surface area contributed by atoms with Gasteiger partial charge in [0.25, 0.3) is 11.5 Å². The number of nitrogens with zero attached hydrogens (tertiary/aromatic N) is 1. The number of aromatic nitrogens is 2. The van der Waals surface area contributed by atoms with Gasteiger partial charge >= 0.3 is 0 Å². The first-order valence-electron chi connectivity index (χ1n) is 10.1. The molecule has 6 heteroatoms. The number of aromatic amines is 1. The van der Waals surface area contributed by atoms with Gasteiger partial charge in [0.05, 0.1) is 17.9 Å². The summed E-state index contributed by atoms with van der Waals surface area (Å²) >= 11 is 0. The number of aryl methyl sites for hydroxylation is 1. The third-order valence-corrected chi connectivity index (χ3v) is 4.42. The number of ether oxygens (including phenoxy) is 1. The summed E-state index contributed by atoms with van der Waals surface area (Å²) in [4.78, 5) is 32.6. The minimum Gasteiger partial charge on any atom is -0.493 e. The van der Waals surface area contributed by atoms with Crippen LogP contribution in [-0.2, 0) is 12.8 Å². The molecule has 2 N–H and O–H groups in total. The first-order chi connectivity index (χ1) is 13.4. The van der Waals surface area contributed by atoms with Gasteiger partial charge in [0.15, 0.2) is 0 Å². The molecule has 0 aliphatic heterocycles. The van der Waals surface area contributed by atoms with Gasteiger partial charge in [-0.05, 0) is 43.4 Å². The number of hydrogen-bond acceptors (Lipinski definition) is 4. The zero-order valence-corrected chi connectivity index (χ0v) is 17.5. The molecule has 152 valence electrons. The van der Waals surface area contributed by atoms with Crippen LogP contribution in [0.15, 0.2) is 23.0 Å². The van der Waals surface area contributed by atoms with Crippen LogP contribution in [0.2, 0.25) is 0 Å². The summed E-state index contributed by atoms with van der Waals surface area (Å²) in [6.45, 7) is 11.2. The lowest BCUT2D eigenvalue weighted by atomic mass is 10.1. The molecule has 0 radical (unpaired) electrons. The second-order valence-corrected chi connectivity index (χ2v) is 7.21. The van der Waals surface area contributed by atoms with Crippen LogP contribution in [0.1, 0.15) is 62.7 Å². The highest BCUT2D eigenvalue weighted by Gasteiger charge is 2.16. The van der Waals surface area contributed by atoms with Crippen molar-refractivity contribution in [3.63, 3.8) is 0 Å². The Balaban J connectivity index is 2.53. The zero-order chi connectivity index (χ0) is 20.7. The Kier molecular flexibility index (Phi) is 7.79. The second kappa shape index (κ2) is 10.1. The monoisotopic (exact) mass is 385 g/mol. The van der Waals surface area contributed by atoms with Crippen molar-refractivity contribution in [1.29, 1.82) is 0 Å². The number of carbonyl (C=O) groups excluding carboxylic acids is 1. The highest BCUT2D eigenvalue weighted by Crippen LogP contribution is 2.29. The predicted molar refractivity (Wildman–Crippen MR) is 112 cm³/mol. The molecule has 1 heterocycles. The molecular weight excluding hydrogens is 354 g/mol. The average molecular weight is 386 g/mol. The quantitative estimate of drug-likeness (QED) is 0.689. The number of rotatable bonds is 9. The topological polar surface area (TPSA) is 84.1 Å². The molecule has 0 aliphatic rings. The fraction of sp³-hybridized carbons (Fsp3) is 0.500. The first-order valence-corrected chi connectivity index (χ1v) is 10.1. The van der Waals surface area contributed by atoms with Crippen molar-refractivity contribution in [3.05, 3.63) is 45.4 Å². The van der Waals surface area contributed by atoms with Gasteiger partial charge in [0.1, 0.15) is 11.6 Å². The van der Waals surface area contributed by atoms with Crippen molar-refractivity contribution >= 4 is 5.91 Å². The van der Waals surface area contributed by atoms with E-state index in [4.69, 9.17) is 4.74 Å².